The molecular formula is C13H17N5. The number of rotatable bonds is 4. The van der Waals surface area contributed by atoms with Crippen LogP contribution in [-0.4, -0.2) is 20.2 Å². The standard InChI is InChI=1S/C13H17N5/c1-2-13(6-7-13)9-18-12(15-16-17-18)10-4-3-5-11(14)8-10/h3-5,8H,2,6-7,9,14H2,1H3. The summed E-state index contributed by atoms with van der Waals surface area (Å²) in [5.41, 5.74) is 7.94. The van der Waals surface area contributed by atoms with Crippen molar-refractivity contribution in [2.75, 3.05) is 5.73 Å². The van der Waals surface area contributed by atoms with Gasteiger partial charge in [-0.15, -0.1) is 5.10 Å². The lowest BCUT2D eigenvalue weighted by Crippen LogP contribution is -2.13. The molecule has 5 heteroatoms. The first kappa shape index (κ1) is 11.2. The van der Waals surface area contributed by atoms with Crippen molar-refractivity contribution in [2.24, 2.45) is 5.41 Å². The molecular weight excluding hydrogens is 226 g/mol. The van der Waals surface area contributed by atoms with E-state index in [1.54, 1.807) is 0 Å². The number of tetrazole rings is 1. The number of nitrogens with zero attached hydrogens (tertiary/aromatic N) is 4. The third kappa shape index (κ3) is 1.96. The van der Waals surface area contributed by atoms with E-state index in [-0.39, 0.29) is 0 Å². The topological polar surface area (TPSA) is 69.6 Å². The molecule has 0 bridgehead atoms. The summed E-state index contributed by atoms with van der Waals surface area (Å²) in [6.45, 7) is 3.14. The van der Waals surface area contributed by atoms with Gasteiger partial charge in [-0.2, -0.15) is 0 Å². The van der Waals surface area contributed by atoms with Gasteiger partial charge in [-0.05, 0) is 47.2 Å². The van der Waals surface area contributed by atoms with Crippen molar-refractivity contribution in [1.29, 1.82) is 0 Å². The van der Waals surface area contributed by atoms with Gasteiger partial charge in [0.15, 0.2) is 5.82 Å². The number of nitrogen functional groups attached to an aromatic ring is 1. The van der Waals surface area contributed by atoms with Crippen molar-refractivity contribution in [3.05, 3.63) is 24.3 Å². The van der Waals surface area contributed by atoms with Crippen molar-refractivity contribution in [3.63, 3.8) is 0 Å². The highest BCUT2D eigenvalue weighted by Gasteiger charge is 2.41. The molecule has 0 amide bonds. The average Bonchev–Trinajstić information content (AvgIpc) is 2.99. The Labute approximate surface area is 106 Å². The van der Waals surface area contributed by atoms with E-state index < -0.39 is 0 Å². The second-order valence-electron chi connectivity index (χ2n) is 5.14. The zero-order valence-electron chi connectivity index (χ0n) is 10.5. The van der Waals surface area contributed by atoms with Gasteiger partial charge in [0.1, 0.15) is 0 Å². The summed E-state index contributed by atoms with van der Waals surface area (Å²) in [5.74, 6) is 0.807. The van der Waals surface area contributed by atoms with E-state index in [9.17, 15) is 0 Å². The van der Waals surface area contributed by atoms with Crippen LogP contribution in [0.3, 0.4) is 0 Å². The fourth-order valence-corrected chi connectivity index (χ4v) is 2.31. The molecule has 1 aliphatic carbocycles. The van der Waals surface area contributed by atoms with Gasteiger partial charge in [-0.1, -0.05) is 19.1 Å². The molecule has 0 radical (unpaired) electrons. The molecule has 5 nitrogen and oxygen atoms in total. The van der Waals surface area contributed by atoms with Gasteiger partial charge in [0, 0.05) is 11.3 Å². The number of nitrogens with two attached hydrogens (primary N) is 1. The van der Waals surface area contributed by atoms with Crippen LogP contribution in [0.4, 0.5) is 5.69 Å². The first-order valence-corrected chi connectivity index (χ1v) is 6.34. The summed E-state index contributed by atoms with van der Waals surface area (Å²) >= 11 is 0. The molecule has 1 fully saturated rings. The fourth-order valence-electron chi connectivity index (χ4n) is 2.31. The van der Waals surface area contributed by atoms with E-state index in [2.05, 4.69) is 22.4 Å². The van der Waals surface area contributed by atoms with Crippen LogP contribution in [-0.2, 0) is 6.54 Å². The molecule has 0 spiro atoms. The summed E-state index contributed by atoms with van der Waals surface area (Å²) in [6.07, 6.45) is 3.74. The molecule has 0 saturated heterocycles. The molecule has 1 heterocycles. The van der Waals surface area contributed by atoms with Crippen LogP contribution in [0, 0.1) is 5.41 Å². The Balaban J connectivity index is 1.92. The summed E-state index contributed by atoms with van der Waals surface area (Å²) in [5, 5.41) is 12.0. The monoisotopic (exact) mass is 243 g/mol. The van der Waals surface area contributed by atoms with Crippen LogP contribution in [0.1, 0.15) is 26.2 Å². The zero-order valence-corrected chi connectivity index (χ0v) is 10.5. The number of anilines is 1. The summed E-state index contributed by atoms with van der Waals surface area (Å²) < 4.78 is 1.91. The van der Waals surface area contributed by atoms with E-state index in [4.69, 9.17) is 5.73 Å². The minimum Gasteiger partial charge on any atom is -0.399 e. The van der Waals surface area contributed by atoms with Gasteiger partial charge in [-0.3, -0.25) is 0 Å². The molecule has 0 atom stereocenters. The second-order valence-corrected chi connectivity index (χ2v) is 5.14. The average molecular weight is 243 g/mol. The molecule has 0 aliphatic heterocycles. The third-order valence-corrected chi connectivity index (χ3v) is 3.87. The number of benzene rings is 1. The highest BCUT2D eigenvalue weighted by molar-refractivity contribution is 5.60. The maximum atomic E-state index is 5.80. The molecule has 1 saturated carbocycles. The van der Waals surface area contributed by atoms with Crippen molar-refractivity contribution >= 4 is 5.69 Å². The van der Waals surface area contributed by atoms with Crippen molar-refractivity contribution < 1.29 is 0 Å². The van der Waals surface area contributed by atoms with E-state index in [1.807, 2.05) is 28.9 Å². The van der Waals surface area contributed by atoms with Gasteiger partial charge in [0.05, 0.1) is 6.54 Å². The number of hydrogen-bond acceptors (Lipinski definition) is 4. The lowest BCUT2D eigenvalue weighted by molar-refractivity contribution is 0.382. The molecule has 18 heavy (non-hydrogen) atoms. The van der Waals surface area contributed by atoms with E-state index in [1.165, 1.54) is 19.3 Å². The van der Waals surface area contributed by atoms with E-state index in [0.717, 1.165) is 23.6 Å². The highest BCUT2D eigenvalue weighted by atomic mass is 15.5. The van der Waals surface area contributed by atoms with Gasteiger partial charge < -0.3 is 5.73 Å². The molecule has 1 aromatic heterocycles. The van der Waals surface area contributed by atoms with Gasteiger partial charge >= 0.3 is 0 Å². The van der Waals surface area contributed by atoms with Crippen molar-refractivity contribution in [1.82, 2.24) is 20.2 Å². The Morgan fingerprint density at radius 1 is 1.39 bits per heavy atom. The van der Waals surface area contributed by atoms with Crippen LogP contribution >= 0.6 is 0 Å². The molecule has 2 N–H and O–H groups in total. The summed E-state index contributed by atoms with van der Waals surface area (Å²) in [4.78, 5) is 0. The third-order valence-electron chi connectivity index (χ3n) is 3.87. The Bertz CT molecular complexity index is 556. The van der Waals surface area contributed by atoms with Crippen LogP contribution < -0.4 is 5.73 Å². The zero-order chi connectivity index (χ0) is 12.6. The highest BCUT2D eigenvalue weighted by Crippen LogP contribution is 2.50. The predicted octanol–water partition coefficient (Wildman–Crippen LogP) is 2.11. The normalized spacial score (nSPS) is 16.7. The molecule has 1 aliphatic rings. The second kappa shape index (κ2) is 4.08. The maximum absolute atomic E-state index is 5.80. The SMILES string of the molecule is CCC1(Cn2nnnc2-c2cccc(N)c2)CC1. The largest absolute Gasteiger partial charge is 0.399 e. The molecule has 94 valence electrons. The van der Waals surface area contributed by atoms with Crippen molar-refractivity contribution in [3.8, 4) is 11.4 Å². The molecule has 1 aromatic carbocycles. The fraction of sp³-hybridized carbons (Fsp3) is 0.462. The Morgan fingerprint density at radius 2 is 2.22 bits per heavy atom. The molecule has 0 unspecified atom stereocenters. The van der Waals surface area contributed by atoms with Crippen LogP contribution in [0.15, 0.2) is 24.3 Å². The van der Waals surface area contributed by atoms with Gasteiger partial charge in [0.25, 0.3) is 0 Å². The van der Waals surface area contributed by atoms with Gasteiger partial charge in [-0.25, -0.2) is 4.68 Å². The van der Waals surface area contributed by atoms with Crippen molar-refractivity contribution in [2.45, 2.75) is 32.7 Å². The lowest BCUT2D eigenvalue weighted by Gasteiger charge is -2.13. The summed E-state index contributed by atoms with van der Waals surface area (Å²) in [7, 11) is 0. The van der Waals surface area contributed by atoms with Crippen LogP contribution in [0.25, 0.3) is 11.4 Å². The van der Waals surface area contributed by atoms with Crippen LogP contribution in [0.5, 0.6) is 0 Å². The predicted molar refractivity (Wildman–Crippen MR) is 69.6 cm³/mol. The minimum atomic E-state index is 0.421. The Kier molecular flexibility index (Phi) is 2.54. The number of hydrogen-bond donors (Lipinski definition) is 1. The van der Waals surface area contributed by atoms with Crippen LogP contribution in [0.2, 0.25) is 0 Å². The lowest BCUT2D eigenvalue weighted by atomic mass is 10.0. The molecule has 2 aromatic rings. The molecule has 3 rings (SSSR count). The van der Waals surface area contributed by atoms with Gasteiger partial charge in [0.2, 0.25) is 0 Å². The first-order valence-electron chi connectivity index (χ1n) is 6.34. The minimum absolute atomic E-state index is 0.421. The quantitative estimate of drug-likeness (QED) is 0.835. The van der Waals surface area contributed by atoms with E-state index in [0.29, 0.717) is 5.41 Å². The summed E-state index contributed by atoms with van der Waals surface area (Å²) in [6, 6.07) is 7.69. The van der Waals surface area contributed by atoms with E-state index >= 15 is 0 Å². The Hall–Kier alpha value is -1.91. The maximum Gasteiger partial charge on any atom is 0.182 e. The Morgan fingerprint density at radius 3 is 2.89 bits per heavy atom. The number of aromatic nitrogens is 4. The smallest absolute Gasteiger partial charge is 0.182 e. The first-order chi connectivity index (χ1) is 8.72.